The highest BCUT2D eigenvalue weighted by Crippen LogP contribution is 2.20. The fraction of sp³-hybridized carbons (Fsp3) is 0.647. The summed E-state index contributed by atoms with van der Waals surface area (Å²) in [6.45, 7) is 8.49. The number of nitrogens with zero attached hydrogens (tertiary/aromatic N) is 1. The van der Waals surface area contributed by atoms with Gasteiger partial charge in [0.2, 0.25) is 0 Å². The zero-order valence-corrected chi connectivity index (χ0v) is 12.7. The molecular formula is C17H27NO2. The average molecular weight is 277 g/mol. The third kappa shape index (κ3) is 5.23. The van der Waals surface area contributed by atoms with Crippen LogP contribution < -0.4 is 0 Å². The monoisotopic (exact) mass is 277 g/mol. The molecule has 1 fully saturated rings. The first-order chi connectivity index (χ1) is 9.63. The zero-order chi connectivity index (χ0) is 14.4. The van der Waals surface area contributed by atoms with Crippen molar-refractivity contribution in [2.75, 3.05) is 26.2 Å². The van der Waals surface area contributed by atoms with Crippen LogP contribution in [0.5, 0.6) is 0 Å². The van der Waals surface area contributed by atoms with Crippen molar-refractivity contribution in [1.29, 1.82) is 0 Å². The lowest BCUT2D eigenvalue weighted by molar-refractivity contribution is -0.000893. The first kappa shape index (κ1) is 15.5. The molecule has 0 spiro atoms. The topological polar surface area (TPSA) is 32.7 Å². The Hall–Kier alpha value is -0.900. The van der Waals surface area contributed by atoms with Crippen LogP contribution in [0.15, 0.2) is 30.3 Å². The van der Waals surface area contributed by atoms with Crippen LogP contribution in [0, 0.1) is 11.8 Å². The van der Waals surface area contributed by atoms with Gasteiger partial charge in [-0.15, -0.1) is 0 Å². The molecule has 0 bridgehead atoms. The normalized spacial score (nSPS) is 25.6. The Morgan fingerprint density at radius 2 is 1.85 bits per heavy atom. The van der Waals surface area contributed by atoms with Crippen molar-refractivity contribution >= 4 is 0 Å². The molecule has 1 aliphatic heterocycles. The van der Waals surface area contributed by atoms with Gasteiger partial charge in [0, 0.05) is 19.6 Å². The van der Waals surface area contributed by atoms with Gasteiger partial charge >= 0.3 is 0 Å². The minimum absolute atomic E-state index is 0.392. The SMILES string of the molecule is C[C@@H]1C[C@H](C)CN(C[C@H](O)COCc2ccccc2)C1. The standard InChI is InChI=1S/C17H27NO2/c1-14-8-15(2)10-18(9-14)11-17(19)13-20-12-16-6-4-3-5-7-16/h3-7,14-15,17,19H,8-13H2,1-2H3/t14-,15+,17-/m0/s1. The van der Waals surface area contributed by atoms with Crippen molar-refractivity contribution in [3.8, 4) is 0 Å². The Bertz CT molecular complexity index is 372. The third-order valence-electron chi connectivity index (χ3n) is 3.84. The first-order valence-electron chi connectivity index (χ1n) is 7.65. The first-order valence-corrected chi connectivity index (χ1v) is 7.65. The van der Waals surface area contributed by atoms with E-state index >= 15 is 0 Å². The van der Waals surface area contributed by atoms with Crippen LogP contribution in [0.3, 0.4) is 0 Å². The van der Waals surface area contributed by atoms with E-state index in [2.05, 4.69) is 18.7 Å². The van der Waals surface area contributed by atoms with E-state index < -0.39 is 6.10 Å². The Morgan fingerprint density at radius 1 is 1.20 bits per heavy atom. The zero-order valence-electron chi connectivity index (χ0n) is 12.7. The predicted octanol–water partition coefficient (Wildman–Crippen LogP) is 2.54. The summed E-state index contributed by atoms with van der Waals surface area (Å²) >= 11 is 0. The molecule has 0 aromatic heterocycles. The Balaban J connectivity index is 1.66. The van der Waals surface area contributed by atoms with Crippen LogP contribution in [-0.2, 0) is 11.3 Å². The maximum atomic E-state index is 10.1. The largest absolute Gasteiger partial charge is 0.389 e. The summed E-state index contributed by atoms with van der Waals surface area (Å²) < 4.78 is 5.60. The lowest BCUT2D eigenvalue weighted by Crippen LogP contribution is -2.43. The van der Waals surface area contributed by atoms with Crippen LogP contribution in [0.2, 0.25) is 0 Å². The van der Waals surface area contributed by atoms with E-state index in [0.29, 0.717) is 13.2 Å². The summed E-state index contributed by atoms with van der Waals surface area (Å²) in [5.41, 5.74) is 1.15. The highest BCUT2D eigenvalue weighted by Gasteiger charge is 2.23. The van der Waals surface area contributed by atoms with E-state index in [1.807, 2.05) is 30.3 Å². The molecule has 0 radical (unpaired) electrons. The fourth-order valence-corrected chi connectivity index (χ4v) is 3.18. The molecule has 3 atom stereocenters. The van der Waals surface area contributed by atoms with Gasteiger partial charge in [0.15, 0.2) is 0 Å². The molecule has 3 nitrogen and oxygen atoms in total. The van der Waals surface area contributed by atoms with Crippen molar-refractivity contribution < 1.29 is 9.84 Å². The molecular weight excluding hydrogens is 250 g/mol. The quantitative estimate of drug-likeness (QED) is 0.867. The van der Waals surface area contributed by atoms with Crippen molar-refractivity contribution in [3.05, 3.63) is 35.9 Å². The van der Waals surface area contributed by atoms with Crippen LogP contribution in [0.1, 0.15) is 25.8 Å². The van der Waals surface area contributed by atoms with Gasteiger partial charge in [0.25, 0.3) is 0 Å². The highest BCUT2D eigenvalue weighted by molar-refractivity contribution is 5.13. The summed E-state index contributed by atoms with van der Waals surface area (Å²) in [4.78, 5) is 2.37. The van der Waals surface area contributed by atoms with Gasteiger partial charge in [0.05, 0.1) is 19.3 Å². The molecule has 1 saturated heterocycles. The maximum absolute atomic E-state index is 10.1. The Morgan fingerprint density at radius 3 is 2.50 bits per heavy atom. The molecule has 0 saturated carbocycles. The number of likely N-dealkylation sites (tertiary alicyclic amines) is 1. The average Bonchev–Trinajstić information content (AvgIpc) is 2.38. The molecule has 2 rings (SSSR count). The smallest absolute Gasteiger partial charge is 0.0900 e. The lowest BCUT2D eigenvalue weighted by atomic mass is 9.92. The predicted molar refractivity (Wildman–Crippen MR) is 81.5 cm³/mol. The van der Waals surface area contributed by atoms with Gasteiger partial charge in [-0.2, -0.15) is 0 Å². The van der Waals surface area contributed by atoms with Crippen molar-refractivity contribution in [2.45, 2.75) is 33.0 Å². The molecule has 1 N–H and O–H groups in total. The number of hydrogen-bond acceptors (Lipinski definition) is 3. The minimum atomic E-state index is -0.392. The number of rotatable bonds is 6. The van der Waals surface area contributed by atoms with E-state index in [0.717, 1.165) is 37.0 Å². The summed E-state index contributed by atoms with van der Waals surface area (Å²) in [7, 11) is 0. The summed E-state index contributed by atoms with van der Waals surface area (Å²) in [6.07, 6.45) is 0.910. The molecule has 0 amide bonds. The molecule has 20 heavy (non-hydrogen) atoms. The van der Waals surface area contributed by atoms with E-state index in [1.165, 1.54) is 6.42 Å². The number of ether oxygens (including phenoxy) is 1. The van der Waals surface area contributed by atoms with Crippen molar-refractivity contribution in [2.24, 2.45) is 11.8 Å². The summed E-state index contributed by atoms with van der Waals surface area (Å²) in [5, 5.41) is 10.1. The van der Waals surface area contributed by atoms with Gasteiger partial charge in [-0.05, 0) is 23.8 Å². The minimum Gasteiger partial charge on any atom is -0.389 e. The van der Waals surface area contributed by atoms with Crippen LogP contribution in [-0.4, -0.2) is 42.4 Å². The van der Waals surface area contributed by atoms with Crippen LogP contribution >= 0.6 is 0 Å². The third-order valence-corrected chi connectivity index (χ3v) is 3.84. The van der Waals surface area contributed by atoms with E-state index in [-0.39, 0.29) is 0 Å². The number of β-amino-alcohol motifs (C(OH)–C–C–N with tert-alkyl or cyclic N) is 1. The summed E-state index contributed by atoms with van der Waals surface area (Å²) in [6, 6.07) is 10.1. The van der Waals surface area contributed by atoms with Gasteiger partial charge < -0.3 is 14.7 Å². The summed E-state index contributed by atoms with van der Waals surface area (Å²) in [5.74, 6) is 1.47. The Labute approximate surface area is 122 Å². The number of benzene rings is 1. The van der Waals surface area contributed by atoms with Crippen LogP contribution in [0.4, 0.5) is 0 Å². The van der Waals surface area contributed by atoms with E-state index in [4.69, 9.17) is 4.74 Å². The molecule has 1 aromatic carbocycles. The maximum Gasteiger partial charge on any atom is 0.0900 e. The lowest BCUT2D eigenvalue weighted by Gasteiger charge is -2.35. The molecule has 0 unspecified atom stereocenters. The number of aliphatic hydroxyl groups is 1. The van der Waals surface area contributed by atoms with E-state index in [9.17, 15) is 5.11 Å². The number of piperidine rings is 1. The van der Waals surface area contributed by atoms with Gasteiger partial charge in [-0.25, -0.2) is 0 Å². The Kier molecular flexibility index (Phi) is 6.02. The van der Waals surface area contributed by atoms with Crippen molar-refractivity contribution in [1.82, 2.24) is 4.90 Å². The molecule has 3 heteroatoms. The van der Waals surface area contributed by atoms with Gasteiger partial charge in [-0.1, -0.05) is 44.2 Å². The van der Waals surface area contributed by atoms with Crippen LogP contribution in [0.25, 0.3) is 0 Å². The van der Waals surface area contributed by atoms with Gasteiger partial charge in [0.1, 0.15) is 0 Å². The fourth-order valence-electron chi connectivity index (χ4n) is 3.18. The second-order valence-corrected chi connectivity index (χ2v) is 6.32. The van der Waals surface area contributed by atoms with E-state index in [1.54, 1.807) is 0 Å². The second-order valence-electron chi connectivity index (χ2n) is 6.32. The molecule has 1 heterocycles. The number of hydrogen-bond donors (Lipinski definition) is 1. The second kappa shape index (κ2) is 7.77. The molecule has 0 aliphatic carbocycles. The van der Waals surface area contributed by atoms with Crippen molar-refractivity contribution in [3.63, 3.8) is 0 Å². The highest BCUT2D eigenvalue weighted by atomic mass is 16.5. The molecule has 112 valence electrons. The molecule has 1 aliphatic rings. The molecule has 1 aromatic rings. The number of aliphatic hydroxyl groups excluding tert-OH is 1. The van der Waals surface area contributed by atoms with Gasteiger partial charge in [-0.3, -0.25) is 0 Å².